The van der Waals surface area contributed by atoms with Crippen LogP contribution in [0.5, 0.6) is 0 Å². The number of hydrogen-bond donors (Lipinski definition) is 0. The summed E-state index contributed by atoms with van der Waals surface area (Å²) in [6.07, 6.45) is 0. The van der Waals surface area contributed by atoms with Crippen molar-refractivity contribution in [1.82, 2.24) is 15.0 Å². The van der Waals surface area contributed by atoms with Gasteiger partial charge in [0.15, 0.2) is 11.6 Å². The smallest absolute Gasteiger partial charge is 0.163 e. The van der Waals surface area contributed by atoms with E-state index in [0.717, 1.165) is 55.0 Å². The molecule has 4 aromatic carbocycles. The van der Waals surface area contributed by atoms with Gasteiger partial charge in [-0.05, 0) is 43.3 Å². The highest BCUT2D eigenvalue weighted by molar-refractivity contribution is 6.06. The maximum absolute atomic E-state index is 6.05. The quantitative estimate of drug-likeness (QED) is 0.289. The molecule has 0 aliphatic carbocycles. The summed E-state index contributed by atoms with van der Waals surface area (Å²) >= 11 is 0. The van der Waals surface area contributed by atoms with Gasteiger partial charge in [0.25, 0.3) is 0 Å². The van der Waals surface area contributed by atoms with Crippen LogP contribution in [0.1, 0.15) is 5.82 Å². The maximum atomic E-state index is 6.05. The highest BCUT2D eigenvalue weighted by Crippen LogP contribution is 2.33. The molecule has 0 amide bonds. The number of nitrogens with zero attached hydrogens (tertiary/aromatic N) is 3. The van der Waals surface area contributed by atoms with Crippen molar-refractivity contribution in [3.63, 3.8) is 0 Å². The van der Waals surface area contributed by atoms with E-state index in [1.165, 1.54) is 0 Å². The minimum atomic E-state index is 0.615. The number of benzene rings is 4. The lowest BCUT2D eigenvalue weighted by atomic mass is 10.1. The maximum Gasteiger partial charge on any atom is 0.163 e. The van der Waals surface area contributed by atoms with Gasteiger partial charge in [0.1, 0.15) is 28.2 Å². The fraction of sp³-hybridized carbons (Fsp3) is 0.0357. The van der Waals surface area contributed by atoms with E-state index in [1.54, 1.807) is 0 Å². The summed E-state index contributed by atoms with van der Waals surface area (Å²) in [6, 6.07) is 28.3. The molecule has 5 heteroatoms. The third kappa shape index (κ3) is 2.83. The van der Waals surface area contributed by atoms with E-state index in [9.17, 15) is 0 Å². The zero-order valence-corrected chi connectivity index (χ0v) is 17.7. The van der Waals surface area contributed by atoms with Gasteiger partial charge in [-0.25, -0.2) is 15.0 Å². The van der Waals surface area contributed by atoms with Crippen molar-refractivity contribution in [2.75, 3.05) is 0 Å². The first kappa shape index (κ1) is 18.1. The summed E-state index contributed by atoms with van der Waals surface area (Å²) in [5.74, 6) is 1.89. The van der Waals surface area contributed by atoms with E-state index in [1.807, 2.05) is 67.6 Å². The molecule has 3 aromatic heterocycles. The molecule has 0 unspecified atom stereocenters. The predicted octanol–water partition coefficient (Wildman–Crippen LogP) is 7.31. The van der Waals surface area contributed by atoms with E-state index >= 15 is 0 Å². The van der Waals surface area contributed by atoms with Crippen LogP contribution in [0.15, 0.2) is 93.8 Å². The summed E-state index contributed by atoms with van der Waals surface area (Å²) in [5, 5.41) is 4.36. The van der Waals surface area contributed by atoms with Gasteiger partial charge in [0.2, 0.25) is 0 Å². The monoisotopic (exact) mass is 427 g/mol. The Morgan fingerprint density at radius 1 is 0.485 bits per heavy atom. The van der Waals surface area contributed by atoms with Gasteiger partial charge in [-0.15, -0.1) is 0 Å². The number of rotatable bonds is 2. The molecule has 0 atom stereocenters. The summed E-state index contributed by atoms with van der Waals surface area (Å²) in [7, 11) is 0. The molecule has 0 bridgehead atoms. The normalized spacial score (nSPS) is 11.8. The fourth-order valence-electron chi connectivity index (χ4n) is 4.47. The minimum absolute atomic E-state index is 0.615. The van der Waals surface area contributed by atoms with Crippen LogP contribution in [-0.2, 0) is 0 Å². The largest absolute Gasteiger partial charge is 0.456 e. The molecule has 0 saturated heterocycles. The van der Waals surface area contributed by atoms with Crippen molar-refractivity contribution in [1.29, 1.82) is 0 Å². The Bertz CT molecular complexity index is 1710. The Hall–Kier alpha value is -4.51. The molecule has 5 nitrogen and oxygen atoms in total. The summed E-state index contributed by atoms with van der Waals surface area (Å²) in [4.78, 5) is 14.0. The average molecular weight is 427 g/mol. The molecule has 7 rings (SSSR count). The molecule has 0 N–H and O–H groups in total. The fourth-order valence-corrected chi connectivity index (χ4v) is 4.47. The third-order valence-corrected chi connectivity index (χ3v) is 6.02. The second-order valence-electron chi connectivity index (χ2n) is 8.15. The van der Waals surface area contributed by atoms with Gasteiger partial charge in [-0.1, -0.05) is 48.5 Å². The number of hydrogen-bond acceptors (Lipinski definition) is 5. The van der Waals surface area contributed by atoms with Gasteiger partial charge >= 0.3 is 0 Å². The number of aromatic nitrogens is 3. The number of furan rings is 2. The van der Waals surface area contributed by atoms with E-state index in [2.05, 4.69) is 34.2 Å². The predicted molar refractivity (Wildman–Crippen MR) is 130 cm³/mol. The van der Waals surface area contributed by atoms with Gasteiger partial charge < -0.3 is 8.83 Å². The van der Waals surface area contributed by atoms with E-state index < -0.39 is 0 Å². The lowest BCUT2D eigenvalue weighted by molar-refractivity contribution is 0.668. The van der Waals surface area contributed by atoms with Crippen LogP contribution in [0.25, 0.3) is 66.7 Å². The molecule has 0 saturated carbocycles. The number of fused-ring (bicyclic) bond motifs is 6. The van der Waals surface area contributed by atoms with Crippen LogP contribution >= 0.6 is 0 Å². The molecule has 33 heavy (non-hydrogen) atoms. The Kier molecular flexibility index (Phi) is 3.70. The molecular weight excluding hydrogens is 410 g/mol. The highest BCUT2D eigenvalue weighted by atomic mass is 16.3. The van der Waals surface area contributed by atoms with Gasteiger partial charge in [-0.2, -0.15) is 0 Å². The van der Waals surface area contributed by atoms with Crippen LogP contribution in [0.2, 0.25) is 0 Å². The van der Waals surface area contributed by atoms with Crippen LogP contribution in [-0.4, -0.2) is 15.0 Å². The van der Waals surface area contributed by atoms with Crippen molar-refractivity contribution in [2.24, 2.45) is 0 Å². The van der Waals surface area contributed by atoms with Crippen molar-refractivity contribution >= 4 is 43.9 Å². The van der Waals surface area contributed by atoms with E-state index in [4.69, 9.17) is 13.8 Å². The topological polar surface area (TPSA) is 65.0 Å². The SMILES string of the molecule is Cc1nc(-c2ccc3c(c2)oc2ccccc23)nc(-c2ccc3c(c2)oc2ccccc23)n1. The van der Waals surface area contributed by atoms with Crippen LogP contribution in [0.4, 0.5) is 0 Å². The molecular formula is C28H17N3O2. The first-order valence-corrected chi connectivity index (χ1v) is 10.8. The molecule has 0 radical (unpaired) electrons. The lowest BCUT2D eigenvalue weighted by Crippen LogP contribution is -1.99. The summed E-state index contributed by atoms with van der Waals surface area (Å²) in [6.45, 7) is 1.88. The molecule has 0 spiro atoms. The minimum Gasteiger partial charge on any atom is -0.456 e. The lowest BCUT2D eigenvalue weighted by Gasteiger charge is -2.06. The van der Waals surface area contributed by atoms with Gasteiger partial charge in [-0.3, -0.25) is 0 Å². The second-order valence-corrected chi connectivity index (χ2v) is 8.15. The molecule has 7 aromatic rings. The Morgan fingerprint density at radius 2 is 0.939 bits per heavy atom. The Balaban J connectivity index is 1.36. The molecule has 0 fully saturated rings. The second kappa shape index (κ2) is 6.74. The van der Waals surface area contributed by atoms with Crippen molar-refractivity contribution in [3.8, 4) is 22.8 Å². The standard InChI is InChI=1S/C28H17N3O2/c1-16-29-27(17-10-12-21-19-6-2-4-8-23(19)32-25(21)14-17)31-28(30-16)18-11-13-22-20-7-3-5-9-24(20)33-26(22)15-18/h2-15H,1H3. The Morgan fingerprint density at radius 3 is 1.45 bits per heavy atom. The number of para-hydroxylation sites is 2. The molecule has 3 heterocycles. The first-order chi connectivity index (χ1) is 16.2. The zero-order valence-electron chi connectivity index (χ0n) is 17.7. The van der Waals surface area contributed by atoms with Crippen LogP contribution in [0, 0.1) is 6.92 Å². The molecule has 0 aliphatic rings. The first-order valence-electron chi connectivity index (χ1n) is 10.8. The molecule has 156 valence electrons. The van der Waals surface area contributed by atoms with E-state index in [0.29, 0.717) is 17.5 Å². The van der Waals surface area contributed by atoms with Crippen LogP contribution in [0.3, 0.4) is 0 Å². The number of aryl methyl sites for hydroxylation is 1. The van der Waals surface area contributed by atoms with Crippen molar-refractivity contribution in [2.45, 2.75) is 6.92 Å². The Labute approximate surface area is 188 Å². The summed E-state index contributed by atoms with van der Waals surface area (Å²) < 4.78 is 12.1. The average Bonchev–Trinajstić information content (AvgIpc) is 3.40. The van der Waals surface area contributed by atoms with E-state index in [-0.39, 0.29) is 0 Å². The highest BCUT2D eigenvalue weighted by Gasteiger charge is 2.14. The van der Waals surface area contributed by atoms with Gasteiger partial charge in [0, 0.05) is 32.7 Å². The van der Waals surface area contributed by atoms with Crippen molar-refractivity contribution < 1.29 is 8.83 Å². The molecule has 0 aliphatic heterocycles. The van der Waals surface area contributed by atoms with Crippen molar-refractivity contribution in [3.05, 3.63) is 90.8 Å². The van der Waals surface area contributed by atoms with Crippen LogP contribution < -0.4 is 0 Å². The summed E-state index contributed by atoms with van der Waals surface area (Å²) in [5.41, 5.74) is 5.15. The van der Waals surface area contributed by atoms with Gasteiger partial charge in [0.05, 0.1) is 0 Å². The third-order valence-electron chi connectivity index (χ3n) is 6.02. The zero-order chi connectivity index (χ0) is 21.9.